The topological polar surface area (TPSA) is 135 Å². The molecule has 3 aromatic carbocycles. The van der Waals surface area contributed by atoms with E-state index in [-0.39, 0.29) is 40.0 Å². The van der Waals surface area contributed by atoms with Crippen LogP contribution in [0.5, 0.6) is 11.5 Å². The number of benzene rings is 3. The standard InChI is InChI=1S/C16H12F4N2O3.C11H11F3N2O3/c1-25-13-8-9(6-7-12(13)22-15(24)16(18,19)20)21-14(23)10-4-2-3-5-11(10)17;1-6(17)15-7-3-4-8(9(5-7)19-2)16-10(18)11(12,13)14/h2-8H,1H3,(H,21,23)(H,22,24);3-5H,1-2H3,(H,15,17)(H,16,18). The second-order valence-corrected chi connectivity index (χ2v) is 8.35. The van der Waals surface area contributed by atoms with Crippen LogP contribution in [0.2, 0.25) is 0 Å². The summed E-state index contributed by atoms with van der Waals surface area (Å²) in [4.78, 5) is 44.6. The monoisotopic (exact) mass is 632 g/mol. The number of carbonyl (C=O) groups is 4. The lowest BCUT2D eigenvalue weighted by molar-refractivity contribution is -0.167. The Balaban J connectivity index is 0.000000319. The highest BCUT2D eigenvalue weighted by atomic mass is 19.4. The van der Waals surface area contributed by atoms with Crippen LogP contribution in [0.25, 0.3) is 0 Å². The smallest absolute Gasteiger partial charge is 0.471 e. The van der Waals surface area contributed by atoms with Crippen molar-refractivity contribution < 1.29 is 59.4 Å². The third-order valence-electron chi connectivity index (χ3n) is 5.11. The van der Waals surface area contributed by atoms with Crippen molar-refractivity contribution in [2.75, 3.05) is 35.5 Å². The second-order valence-electron chi connectivity index (χ2n) is 8.35. The van der Waals surface area contributed by atoms with E-state index in [9.17, 15) is 49.9 Å². The quantitative estimate of drug-likeness (QED) is 0.246. The van der Waals surface area contributed by atoms with E-state index in [1.165, 1.54) is 69.7 Å². The summed E-state index contributed by atoms with van der Waals surface area (Å²) in [6.07, 6.45) is -10.0. The van der Waals surface area contributed by atoms with Crippen molar-refractivity contribution in [3.05, 3.63) is 72.0 Å². The minimum atomic E-state index is -5.05. The van der Waals surface area contributed by atoms with Crippen LogP contribution in [0.3, 0.4) is 0 Å². The van der Waals surface area contributed by atoms with E-state index in [4.69, 9.17) is 9.47 Å². The summed E-state index contributed by atoms with van der Waals surface area (Å²) in [6, 6.07) is 12.7. The Hall–Kier alpha value is -5.35. The van der Waals surface area contributed by atoms with Crippen molar-refractivity contribution in [1.82, 2.24) is 0 Å². The first kappa shape index (κ1) is 34.8. The molecule has 0 atom stereocenters. The summed E-state index contributed by atoms with van der Waals surface area (Å²) in [5.41, 5.74) is -0.0759. The van der Waals surface area contributed by atoms with Gasteiger partial charge in [0, 0.05) is 30.4 Å². The highest BCUT2D eigenvalue weighted by Gasteiger charge is 2.39. The molecule has 0 fully saturated rings. The van der Waals surface area contributed by atoms with Gasteiger partial charge in [-0.25, -0.2) is 4.39 Å². The Kier molecular flexibility index (Phi) is 11.6. The number of alkyl halides is 6. The lowest BCUT2D eigenvalue weighted by Crippen LogP contribution is -2.30. The summed E-state index contributed by atoms with van der Waals surface area (Å²) in [5, 5.41) is 8.17. The Morgan fingerprint density at radius 3 is 1.45 bits per heavy atom. The Labute approximate surface area is 244 Å². The average molecular weight is 632 g/mol. The van der Waals surface area contributed by atoms with Crippen LogP contribution in [0.15, 0.2) is 60.7 Å². The number of hydrogen-bond donors (Lipinski definition) is 4. The van der Waals surface area contributed by atoms with Gasteiger partial charge < -0.3 is 30.7 Å². The number of carbonyl (C=O) groups excluding carboxylic acids is 4. The summed E-state index contributed by atoms with van der Waals surface area (Å²) in [6.45, 7) is 1.28. The Morgan fingerprint density at radius 1 is 0.636 bits per heavy atom. The van der Waals surface area contributed by atoms with Gasteiger partial charge in [-0.3, -0.25) is 19.2 Å². The predicted molar refractivity (Wildman–Crippen MR) is 144 cm³/mol. The number of ether oxygens (including phenoxy) is 2. The van der Waals surface area contributed by atoms with Gasteiger partial charge >= 0.3 is 24.2 Å². The Bertz CT molecular complexity index is 1530. The molecule has 3 rings (SSSR count). The minimum Gasteiger partial charge on any atom is -0.494 e. The van der Waals surface area contributed by atoms with E-state index in [0.29, 0.717) is 5.69 Å². The molecule has 4 N–H and O–H groups in total. The molecule has 0 aliphatic heterocycles. The van der Waals surface area contributed by atoms with Crippen molar-refractivity contribution in [3.8, 4) is 11.5 Å². The van der Waals surface area contributed by atoms with Crippen LogP contribution < -0.4 is 30.7 Å². The third-order valence-corrected chi connectivity index (χ3v) is 5.11. The molecule has 0 unspecified atom stereocenters. The van der Waals surface area contributed by atoms with Crippen LogP contribution in [-0.2, 0) is 14.4 Å². The molecule has 0 saturated heterocycles. The molecular formula is C27H23F7N4O6. The molecule has 236 valence electrons. The lowest BCUT2D eigenvalue weighted by Gasteiger charge is -2.13. The Morgan fingerprint density at radius 2 is 1.07 bits per heavy atom. The summed E-state index contributed by atoms with van der Waals surface area (Å²) >= 11 is 0. The SMILES string of the molecule is COc1cc(NC(=O)c2ccccc2F)ccc1NC(=O)C(F)(F)F.COc1cc(NC(C)=O)ccc1NC(=O)C(F)(F)F. The van der Waals surface area contributed by atoms with Gasteiger partial charge in [0.25, 0.3) is 5.91 Å². The summed E-state index contributed by atoms with van der Waals surface area (Å²) < 4.78 is 96.6. The maximum atomic E-state index is 13.6. The van der Waals surface area contributed by atoms with Gasteiger partial charge in [0.15, 0.2) is 0 Å². The molecule has 0 aliphatic rings. The maximum absolute atomic E-state index is 13.6. The number of anilines is 4. The fourth-order valence-electron chi connectivity index (χ4n) is 3.18. The van der Waals surface area contributed by atoms with E-state index in [1.807, 2.05) is 0 Å². The number of rotatable bonds is 7. The molecule has 0 heterocycles. The third kappa shape index (κ3) is 10.2. The molecule has 10 nitrogen and oxygen atoms in total. The van der Waals surface area contributed by atoms with E-state index in [0.717, 1.165) is 12.1 Å². The minimum absolute atomic E-state index is 0.00356. The van der Waals surface area contributed by atoms with Crippen LogP contribution in [0.4, 0.5) is 53.5 Å². The summed E-state index contributed by atoms with van der Waals surface area (Å²) in [7, 11) is 2.41. The number of amides is 4. The highest BCUT2D eigenvalue weighted by molar-refractivity contribution is 6.05. The van der Waals surface area contributed by atoms with Crippen molar-refractivity contribution >= 4 is 46.4 Å². The van der Waals surface area contributed by atoms with Crippen LogP contribution in [0, 0.1) is 5.82 Å². The second kappa shape index (κ2) is 14.7. The van der Waals surface area contributed by atoms with E-state index < -0.39 is 35.9 Å². The molecule has 0 radical (unpaired) electrons. The molecular weight excluding hydrogens is 609 g/mol. The molecule has 0 aliphatic carbocycles. The van der Waals surface area contributed by atoms with Crippen LogP contribution in [-0.4, -0.2) is 50.2 Å². The van der Waals surface area contributed by atoms with Crippen LogP contribution >= 0.6 is 0 Å². The van der Waals surface area contributed by atoms with Gasteiger partial charge in [-0.05, 0) is 36.4 Å². The number of methoxy groups -OCH3 is 2. The largest absolute Gasteiger partial charge is 0.494 e. The molecule has 17 heteroatoms. The van der Waals surface area contributed by atoms with Gasteiger partial charge in [-0.1, -0.05) is 12.1 Å². The lowest BCUT2D eigenvalue weighted by atomic mass is 10.2. The van der Waals surface area contributed by atoms with Gasteiger partial charge in [-0.15, -0.1) is 0 Å². The predicted octanol–water partition coefficient (Wildman–Crippen LogP) is 5.74. The molecule has 44 heavy (non-hydrogen) atoms. The normalized spacial score (nSPS) is 10.9. The van der Waals surface area contributed by atoms with E-state index >= 15 is 0 Å². The fraction of sp³-hybridized carbons (Fsp3) is 0.185. The van der Waals surface area contributed by atoms with Crippen LogP contribution in [0.1, 0.15) is 17.3 Å². The maximum Gasteiger partial charge on any atom is 0.471 e. The van der Waals surface area contributed by atoms with Gasteiger partial charge in [0.2, 0.25) is 5.91 Å². The number of hydrogen-bond acceptors (Lipinski definition) is 6. The molecule has 0 aromatic heterocycles. The summed E-state index contributed by atoms with van der Waals surface area (Å²) in [5.74, 6) is -6.16. The van der Waals surface area contributed by atoms with E-state index in [2.05, 4.69) is 10.6 Å². The number of nitrogens with one attached hydrogen (secondary N) is 4. The van der Waals surface area contributed by atoms with Gasteiger partial charge in [0.1, 0.15) is 17.3 Å². The average Bonchev–Trinajstić information content (AvgIpc) is 2.93. The van der Waals surface area contributed by atoms with Gasteiger partial charge in [-0.2, -0.15) is 26.3 Å². The zero-order valence-corrected chi connectivity index (χ0v) is 22.9. The van der Waals surface area contributed by atoms with Crippen molar-refractivity contribution in [2.24, 2.45) is 0 Å². The van der Waals surface area contributed by atoms with E-state index in [1.54, 1.807) is 10.6 Å². The van der Waals surface area contributed by atoms with Crippen molar-refractivity contribution in [2.45, 2.75) is 19.3 Å². The first-order valence-corrected chi connectivity index (χ1v) is 11.9. The molecule has 3 aromatic rings. The molecule has 4 amide bonds. The highest BCUT2D eigenvalue weighted by Crippen LogP contribution is 2.31. The first-order valence-electron chi connectivity index (χ1n) is 11.9. The zero-order chi connectivity index (χ0) is 33.2. The van der Waals surface area contributed by atoms with Crippen molar-refractivity contribution in [1.29, 1.82) is 0 Å². The fourth-order valence-corrected chi connectivity index (χ4v) is 3.18. The zero-order valence-electron chi connectivity index (χ0n) is 22.9. The first-order chi connectivity index (χ1) is 20.5. The molecule has 0 bridgehead atoms. The molecule has 0 spiro atoms. The van der Waals surface area contributed by atoms with Crippen molar-refractivity contribution in [3.63, 3.8) is 0 Å². The molecule has 0 saturated carbocycles. The van der Waals surface area contributed by atoms with Gasteiger partial charge in [0.05, 0.1) is 31.2 Å². The number of halogens is 7.